The Hall–Kier alpha value is -3.49. The molecule has 0 saturated carbocycles. The van der Waals surface area contributed by atoms with E-state index in [1.165, 1.54) is 38.7 Å². The van der Waals surface area contributed by atoms with Crippen LogP contribution in [0, 0.1) is 0 Å². The van der Waals surface area contributed by atoms with Crippen LogP contribution in [0.2, 0.25) is 0 Å². The van der Waals surface area contributed by atoms with Gasteiger partial charge in [-0.05, 0) is 32.4 Å². The normalized spacial score (nSPS) is 10.8. The lowest BCUT2D eigenvalue weighted by Crippen LogP contribution is -2.44. The molecule has 2 amide bonds. The molecule has 0 spiro atoms. The van der Waals surface area contributed by atoms with E-state index in [9.17, 15) is 14.4 Å². The van der Waals surface area contributed by atoms with Crippen molar-refractivity contribution >= 4 is 23.5 Å². The number of nitrogens with one attached hydrogen (secondary N) is 2. The number of rotatable bonds is 9. The summed E-state index contributed by atoms with van der Waals surface area (Å²) in [7, 11) is 2.84. The predicted octanol–water partition coefficient (Wildman–Crippen LogP) is 3.01. The van der Waals surface area contributed by atoms with Crippen molar-refractivity contribution in [2.24, 2.45) is 0 Å². The summed E-state index contributed by atoms with van der Waals surface area (Å²) in [5.74, 6) is -1.19. The van der Waals surface area contributed by atoms with E-state index in [0.717, 1.165) is 0 Å². The van der Waals surface area contributed by atoms with Crippen LogP contribution in [0.1, 0.15) is 48.1 Å². The first-order valence-corrected chi connectivity index (χ1v) is 9.29. The number of carbonyl (C=O) groups is 3. The van der Waals surface area contributed by atoms with Gasteiger partial charge in [0.25, 0.3) is 11.8 Å². The molecule has 162 valence electrons. The second-order valence-corrected chi connectivity index (χ2v) is 7.05. The highest BCUT2D eigenvalue weighted by molar-refractivity contribution is 6.07. The zero-order valence-electron chi connectivity index (χ0n) is 17.7. The number of methoxy groups -OCH3 is 2. The molecule has 1 heterocycles. The summed E-state index contributed by atoms with van der Waals surface area (Å²) in [5.41, 5.74) is -0.307. The van der Waals surface area contributed by atoms with E-state index < -0.39 is 29.9 Å². The molecule has 0 atom stereocenters. The fraction of sp³-hybridized carbons (Fsp3) is 0.381. The first kappa shape index (κ1) is 22.8. The largest absolute Gasteiger partial charge is 0.493 e. The molecule has 0 aliphatic carbocycles. The van der Waals surface area contributed by atoms with Gasteiger partial charge < -0.3 is 29.3 Å². The van der Waals surface area contributed by atoms with Crippen LogP contribution in [0.5, 0.6) is 11.5 Å². The first-order chi connectivity index (χ1) is 14.2. The lowest BCUT2D eigenvalue weighted by Gasteiger charge is -2.24. The van der Waals surface area contributed by atoms with Crippen molar-refractivity contribution in [2.45, 2.75) is 32.7 Å². The van der Waals surface area contributed by atoms with E-state index in [4.69, 9.17) is 18.6 Å². The lowest BCUT2D eigenvalue weighted by molar-refractivity contribution is -0.125. The van der Waals surface area contributed by atoms with Crippen molar-refractivity contribution in [1.29, 1.82) is 0 Å². The Bertz CT molecular complexity index is 904. The van der Waals surface area contributed by atoms with Gasteiger partial charge in [-0.15, -0.1) is 0 Å². The zero-order valence-corrected chi connectivity index (χ0v) is 17.7. The molecule has 2 rings (SSSR count). The van der Waals surface area contributed by atoms with Gasteiger partial charge in [-0.1, -0.05) is 6.92 Å². The minimum Gasteiger partial charge on any atom is -0.493 e. The summed E-state index contributed by atoms with van der Waals surface area (Å²) < 4.78 is 20.7. The van der Waals surface area contributed by atoms with Gasteiger partial charge in [0.05, 0.1) is 31.7 Å². The van der Waals surface area contributed by atoms with Crippen LogP contribution >= 0.6 is 0 Å². The van der Waals surface area contributed by atoms with Crippen LogP contribution in [-0.2, 0) is 9.53 Å². The third-order valence-electron chi connectivity index (χ3n) is 4.43. The van der Waals surface area contributed by atoms with E-state index in [-0.39, 0.29) is 22.8 Å². The number of amides is 2. The van der Waals surface area contributed by atoms with Crippen LogP contribution in [0.4, 0.5) is 5.69 Å². The number of hydrogen-bond donors (Lipinski definition) is 2. The van der Waals surface area contributed by atoms with E-state index in [2.05, 4.69) is 10.6 Å². The number of ether oxygens (including phenoxy) is 3. The zero-order chi connectivity index (χ0) is 22.3. The van der Waals surface area contributed by atoms with Gasteiger partial charge in [0.1, 0.15) is 0 Å². The molecule has 0 unspecified atom stereocenters. The van der Waals surface area contributed by atoms with Gasteiger partial charge in [0, 0.05) is 17.7 Å². The molecule has 0 aliphatic rings. The number of furan rings is 1. The molecule has 30 heavy (non-hydrogen) atoms. The monoisotopic (exact) mass is 418 g/mol. The summed E-state index contributed by atoms with van der Waals surface area (Å²) in [6.07, 6.45) is 2.07. The minimum atomic E-state index is -0.810. The molecular weight excluding hydrogens is 392 g/mol. The molecular formula is C21H26N2O7. The fourth-order valence-electron chi connectivity index (χ4n) is 2.45. The maximum Gasteiger partial charge on any atom is 0.340 e. The van der Waals surface area contributed by atoms with Gasteiger partial charge in [0.2, 0.25) is 0 Å². The minimum absolute atomic E-state index is 0.00453. The summed E-state index contributed by atoms with van der Waals surface area (Å²) >= 11 is 0. The predicted molar refractivity (Wildman–Crippen MR) is 109 cm³/mol. The van der Waals surface area contributed by atoms with Crippen molar-refractivity contribution < 1.29 is 33.0 Å². The molecule has 0 fully saturated rings. The molecule has 0 saturated heterocycles. The number of benzene rings is 1. The number of anilines is 1. The van der Waals surface area contributed by atoms with Gasteiger partial charge in [-0.3, -0.25) is 9.59 Å². The number of carbonyl (C=O) groups excluding carboxylic acids is 3. The molecule has 9 nitrogen and oxygen atoms in total. The topological polar surface area (TPSA) is 116 Å². The van der Waals surface area contributed by atoms with Crippen LogP contribution in [0.15, 0.2) is 34.9 Å². The average molecular weight is 418 g/mol. The second kappa shape index (κ2) is 9.82. The van der Waals surface area contributed by atoms with Crippen LogP contribution in [-0.4, -0.2) is 44.1 Å². The van der Waals surface area contributed by atoms with Crippen LogP contribution in [0.3, 0.4) is 0 Å². The van der Waals surface area contributed by atoms with E-state index in [1.54, 1.807) is 6.07 Å². The molecule has 0 radical (unpaired) electrons. The van der Waals surface area contributed by atoms with Crippen molar-refractivity contribution in [2.75, 3.05) is 26.1 Å². The smallest absolute Gasteiger partial charge is 0.340 e. The molecule has 2 N–H and O–H groups in total. The van der Waals surface area contributed by atoms with E-state index >= 15 is 0 Å². The van der Waals surface area contributed by atoms with Crippen LogP contribution < -0.4 is 20.1 Å². The van der Waals surface area contributed by atoms with Gasteiger partial charge in [-0.25, -0.2) is 4.79 Å². The average Bonchev–Trinajstić information content (AvgIpc) is 3.26. The SMILES string of the molecule is CCC(C)(C)NC(=O)COC(=O)c1cc(OC)c(OC)cc1NC(=O)c1ccco1. The maximum atomic E-state index is 12.7. The van der Waals surface area contributed by atoms with Gasteiger partial charge in [0.15, 0.2) is 23.9 Å². The van der Waals surface area contributed by atoms with Gasteiger partial charge in [-0.2, -0.15) is 0 Å². The van der Waals surface area contributed by atoms with Crippen molar-refractivity contribution in [3.05, 3.63) is 41.9 Å². The Morgan fingerprint density at radius 2 is 1.77 bits per heavy atom. The molecule has 0 bridgehead atoms. The standard InChI is InChI=1S/C21H26N2O7/c1-6-21(2,3)23-18(24)12-30-20(26)13-10-16(27-4)17(28-5)11-14(13)22-19(25)15-8-7-9-29-15/h7-11H,6,12H2,1-5H3,(H,22,25)(H,23,24). The third kappa shape index (κ3) is 5.76. The Balaban J connectivity index is 2.24. The van der Waals surface area contributed by atoms with Crippen molar-refractivity contribution in [3.63, 3.8) is 0 Å². The summed E-state index contributed by atoms with van der Waals surface area (Å²) in [4.78, 5) is 37.1. The quantitative estimate of drug-likeness (QED) is 0.601. The molecule has 0 aliphatic heterocycles. The van der Waals surface area contributed by atoms with Crippen LogP contribution in [0.25, 0.3) is 0 Å². The molecule has 9 heteroatoms. The number of esters is 1. The van der Waals surface area contributed by atoms with Crippen molar-refractivity contribution in [1.82, 2.24) is 5.32 Å². The molecule has 1 aromatic carbocycles. The Morgan fingerprint density at radius 3 is 2.33 bits per heavy atom. The fourth-order valence-corrected chi connectivity index (χ4v) is 2.45. The highest BCUT2D eigenvalue weighted by Crippen LogP contribution is 2.34. The number of hydrogen-bond acceptors (Lipinski definition) is 7. The van der Waals surface area contributed by atoms with E-state index in [0.29, 0.717) is 12.2 Å². The Morgan fingerprint density at radius 1 is 1.10 bits per heavy atom. The Labute approximate surface area is 174 Å². The maximum absolute atomic E-state index is 12.7. The summed E-state index contributed by atoms with van der Waals surface area (Å²) in [5, 5.41) is 5.36. The first-order valence-electron chi connectivity index (χ1n) is 9.29. The third-order valence-corrected chi connectivity index (χ3v) is 4.43. The Kier molecular flexibility index (Phi) is 7.46. The highest BCUT2D eigenvalue weighted by Gasteiger charge is 2.23. The molecule has 1 aromatic heterocycles. The van der Waals surface area contributed by atoms with Gasteiger partial charge >= 0.3 is 5.97 Å². The summed E-state index contributed by atoms with van der Waals surface area (Å²) in [6, 6.07) is 5.84. The highest BCUT2D eigenvalue weighted by atomic mass is 16.5. The lowest BCUT2D eigenvalue weighted by atomic mass is 10.0. The summed E-state index contributed by atoms with van der Waals surface area (Å²) in [6.45, 7) is 5.19. The van der Waals surface area contributed by atoms with E-state index in [1.807, 2.05) is 20.8 Å². The second-order valence-electron chi connectivity index (χ2n) is 7.05. The molecule has 2 aromatic rings. The van der Waals surface area contributed by atoms with Crippen molar-refractivity contribution in [3.8, 4) is 11.5 Å².